The lowest BCUT2D eigenvalue weighted by molar-refractivity contribution is 0.0986. The van der Waals surface area contributed by atoms with Crippen LogP contribution < -0.4 is 4.90 Å². The van der Waals surface area contributed by atoms with Crippen molar-refractivity contribution in [2.75, 3.05) is 11.9 Å². The van der Waals surface area contributed by atoms with Gasteiger partial charge in [0.05, 0.1) is 5.69 Å². The highest BCUT2D eigenvalue weighted by Crippen LogP contribution is 2.29. The average Bonchev–Trinajstić information content (AvgIpc) is 3.09. The van der Waals surface area contributed by atoms with E-state index in [1.807, 2.05) is 36.7 Å². The van der Waals surface area contributed by atoms with Gasteiger partial charge in [-0.3, -0.25) is 4.79 Å². The number of rotatable bonds is 3. The molecule has 0 aliphatic heterocycles. The Balaban J connectivity index is 1.78. The molecule has 1 amide bonds. The van der Waals surface area contributed by atoms with Crippen molar-refractivity contribution in [2.45, 2.75) is 39.5 Å². The summed E-state index contributed by atoms with van der Waals surface area (Å²) < 4.78 is 15.2. The number of hydrogen-bond donors (Lipinski definition) is 0. The monoisotopic (exact) mass is 377 g/mol. The molecule has 0 radical (unpaired) electrons. The van der Waals surface area contributed by atoms with Crippen LogP contribution in [0.5, 0.6) is 0 Å². The highest BCUT2D eigenvalue weighted by atomic mass is 19.1. The van der Waals surface area contributed by atoms with Gasteiger partial charge in [-0.1, -0.05) is 12.1 Å². The van der Waals surface area contributed by atoms with Crippen LogP contribution in [0.25, 0.3) is 5.69 Å². The molecule has 0 saturated carbocycles. The molecule has 5 heteroatoms. The SMILES string of the molecule is Cc1ccc(C)c(N(C)C(=O)c2nn(-c3ccc(F)cc3)c3c2CCCC3)c1. The van der Waals surface area contributed by atoms with Gasteiger partial charge in [0.1, 0.15) is 5.82 Å². The molecule has 0 fully saturated rings. The van der Waals surface area contributed by atoms with Gasteiger partial charge in [-0.05, 0) is 81.0 Å². The van der Waals surface area contributed by atoms with E-state index in [9.17, 15) is 9.18 Å². The van der Waals surface area contributed by atoms with Crippen molar-refractivity contribution in [3.05, 3.63) is 76.4 Å². The Morgan fingerprint density at radius 1 is 1.07 bits per heavy atom. The van der Waals surface area contributed by atoms with Crippen molar-refractivity contribution in [2.24, 2.45) is 0 Å². The van der Waals surface area contributed by atoms with E-state index in [0.717, 1.165) is 59.4 Å². The van der Waals surface area contributed by atoms with Gasteiger partial charge in [0.25, 0.3) is 5.91 Å². The van der Waals surface area contributed by atoms with Crippen molar-refractivity contribution in [1.29, 1.82) is 0 Å². The Labute approximate surface area is 164 Å². The Hall–Kier alpha value is -2.95. The minimum atomic E-state index is -0.282. The number of carbonyl (C=O) groups is 1. The zero-order chi connectivity index (χ0) is 19.8. The van der Waals surface area contributed by atoms with Crippen molar-refractivity contribution >= 4 is 11.6 Å². The number of benzene rings is 2. The number of nitrogens with zero attached hydrogens (tertiary/aromatic N) is 3. The maximum atomic E-state index is 13.4. The zero-order valence-electron chi connectivity index (χ0n) is 16.5. The number of hydrogen-bond acceptors (Lipinski definition) is 2. The number of amides is 1. The normalized spacial score (nSPS) is 13.3. The van der Waals surface area contributed by atoms with Gasteiger partial charge in [-0.2, -0.15) is 5.10 Å². The summed E-state index contributed by atoms with van der Waals surface area (Å²) in [5, 5.41) is 4.69. The fourth-order valence-electron chi connectivity index (χ4n) is 3.92. The van der Waals surface area contributed by atoms with Crippen LogP contribution in [0.4, 0.5) is 10.1 Å². The van der Waals surface area contributed by atoms with E-state index in [1.54, 1.807) is 24.1 Å². The first kappa shape index (κ1) is 18.4. The molecule has 1 aliphatic rings. The molecule has 0 spiro atoms. The first-order chi connectivity index (χ1) is 13.5. The third-order valence-electron chi connectivity index (χ3n) is 5.48. The highest BCUT2D eigenvalue weighted by Gasteiger charge is 2.28. The molecule has 1 aromatic heterocycles. The number of fused-ring (bicyclic) bond motifs is 1. The van der Waals surface area contributed by atoms with Gasteiger partial charge in [0.15, 0.2) is 5.69 Å². The Kier molecular flexibility index (Phi) is 4.75. The third kappa shape index (κ3) is 3.21. The predicted molar refractivity (Wildman–Crippen MR) is 109 cm³/mol. The van der Waals surface area contributed by atoms with E-state index in [0.29, 0.717) is 5.69 Å². The maximum Gasteiger partial charge on any atom is 0.278 e. The summed E-state index contributed by atoms with van der Waals surface area (Å²) >= 11 is 0. The predicted octanol–water partition coefficient (Wildman–Crippen LogP) is 4.78. The molecular weight excluding hydrogens is 353 g/mol. The molecule has 4 rings (SSSR count). The van der Waals surface area contributed by atoms with Gasteiger partial charge >= 0.3 is 0 Å². The molecule has 0 saturated heterocycles. The molecule has 3 aromatic rings. The van der Waals surface area contributed by atoms with Gasteiger partial charge in [-0.25, -0.2) is 9.07 Å². The fourth-order valence-corrected chi connectivity index (χ4v) is 3.92. The molecule has 0 bridgehead atoms. The standard InChI is InChI=1S/C23H24FN3O/c1-15-8-9-16(2)21(14-15)26(3)23(28)22-19-6-4-5-7-20(19)27(25-22)18-12-10-17(24)11-13-18/h8-14H,4-7H2,1-3H3. The third-order valence-corrected chi connectivity index (χ3v) is 5.48. The fraction of sp³-hybridized carbons (Fsp3) is 0.304. The van der Waals surface area contributed by atoms with Crippen LogP contribution in [0, 0.1) is 19.7 Å². The van der Waals surface area contributed by atoms with Crippen molar-refractivity contribution in [3.63, 3.8) is 0 Å². The van der Waals surface area contributed by atoms with Gasteiger partial charge < -0.3 is 4.90 Å². The maximum absolute atomic E-state index is 13.4. The summed E-state index contributed by atoms with van der Waals surface area (Å²) in [6.45, 7) is 4.03. The lowest BCUT2D eigenvalue weighted by Crippen LogP contribution is -2.28. The van der Waals surface area contributed by atoms with E-state index in [-0.39, 0.29) is 11.7 Å². The number of aromatic nitrogens is 2. The van der Waals surface area contributed by atoms with E-state index in [2.05, 4.69) is 0 Å². The summed E-state index contributed by atoms with van der Waals surface area (Å²) in [6.07, 6.45) is 3.84. The lowest BCUT2D eigenvalue weighted by atomic mass is 9.95. The van der Waals surface area contributed by atoms with Crippen LogP contribution in [0.1, 0.15) is 45.7 Å². The molecule has 0 atom stereocenters. The molecule has 0 N–H and O–H groups in total. The first-order valence-electron chi connectivity index (χ1n) is 9.67. The van der Waals surface area contributed by atoms with Crippen LogP contribution in [-0.4, -0.2) is 22.7 Å². The van der Waals surface area contributed by atoms with Crippen LogP contribution in [0.3, 0.4) is 0 Å². The number of aryl methyl sites for hydroxylation is 2. The number of halogens is 1. The smallest absolute Gasteiger partial charge is 0.278 e. The topological polar surface area (TPSA) is 38.1 Å². The second-order valence-corrected chi connectivity index (χ2v) is 7.52. The van der Waals surface area contributed by atoms with Crippen LogP contribution in [0.2, 0.25) is 0 Å². The summed E-state index contributed by atoms with van der Waals surface area (Å²) in [7, 11) is 1.80. The van der Waals surface area contributed by atoms with Crippen LogP contribution in [-0.2, 0) is 12.8 Å². The number of anilines is 1. The molecule has 1 aliphatic carbocycles. The van der Waals surface area contributed by atoms with Crippen LogP contribution in [0.15, 0.2) is 42.5 Å². The molecule has 28 heavy (non-hydrogen) atoms. The Bertz CT molecular complexity index is 1040. The van der Waals surface area contributed by atoms with Gasteiger partial charge in [0, 0.05) is 24.0 Å². The minimum Gasteiger partial charge on any atom is -0.310 e. The van der Waals surface area contributed by atoms with Gasteiger partial charge in [-0.15, -0.1) is 0 Å². The van der Waals surface area contributed by atoms with E-state index >= 15 is 0 Å². The summed E-state index contributed by atoms with van der Waals surface area (Å²) in [5.74, 6) is -0.386. The minimum absolute atomic E-state index is 0.104. The summed E-state index contributed by atoms with van der Waals surface area (Å²) in [6, 6.07) is 12.4. The van der Waals surface area contributed by atoms with Crippen LogP contribution >= 0.6 is 0 Å². The second-order valence-electron chi connectivity index (χ2n) is 7.52. The first-order valence-corrected chi connectivity index (χ1v) is 9.67. The molecular formula is C23H24FN3O. The molecule has 1 heterocycles. The number of carbonyl (C=O) groups excluding carboxylic acids is 1. The highest BCUT2D eigenvalue weighted by molar-refractivity contribution is 6.06. The average molecular weight is 377 g/mol. The Morgan fingerprint density at radius 3 is 2.54 bits per heavy atom. The van der Waals surface area contributed by atoms with E-state index in [1.165, 1.54) is 12.1 Å². The second kappa shape index (κ2) is 7.23. The largest absolute Gasteiger partial charge is 0.310 e. The molecule has 2 aromatic carbocycles. The van der Waals surface area contributed by atoms with Crippen molar-refractivity contribution < 1.29 is 9.18 Å². The molecule has 0 unspecified atom stereocenters. The summed E-state index contributed by atoms with van der Waals surface area (Å²) in [5.41, 5.74) is 6.43. The van der Waals surface area contributed by atoms with Crippen molar-refractivity contribution in [1.82, 2.24) is 9.78 Å². The zero-order valence-corrected chi connectivity index (χ0v) is 16.5. The Morgan fingerprint density at radius 2 is 1.79 bits per heavy atom. The summed E-state index contributed by atoms with van der Waals surface area (Å²) in [4.78, 5) is 15.1. The van der Waals surface area contributed by atoms with E-state index < -0.39 is 0 Å². The van der Waals surface area contributed by atoms with Gasteiger partial charge in [0.2, 0.25) is 0 Å². The van der Waals surface area contributed by atoms with Crippen molar-refractivity contribution in [3.8, 4) is 5.69 Å². The van der Waals surface area contributed by atoms with E-state index in [4.69, 9.17) is 5.10 Å². The quantitative estimate of drug-likeness (QED) is 0.659. The molecule has 144 valence electrons. The molecule has 4 nitrogen and oxygen atoms in total. The lowest BCUT2D eigenvalue weighted by Gasteiger charge is -2.20.